The van der Waals surface area contributed by atoms with E-state index in [9.17, 15) is 5.26 Å². The molecular weight excluding hydrogens is 380 g/mol. The second kappa shape index (κ2) is 7.54. The van der Waals surface area contributed by atoms with E-state index in [0.717, 1.165) is 38.9 Å². The molecule has 2 heterocycles. The Morgan fingerprint density at radius 3 is 2.38 bits per heavy atom. The van der Waals surface area contributed by atoms with Crippen LogP contribution in [0.4, 0.5) is 5.82 Å². The lowest BCUT2D eigenvalue weighted by Gasteiger charge is -2.14. The molecule has 142 valence electrons. The largest absolute Gasteiger partial charge is 0.383 e. The maximum Gasteiger partial charge on any atom is 0.137 e. The minimum Gasteiger partial charge on any atom is -0.383 e. The first kappa shape index (κ1) is 18.9. The fourth-order valence-corrected chi connectivity index (χ4v) is 3.66. The van der Waals surface area contributed by atoms with E-state index in [4.69, 9.17) is 17.3 Å². The van der Waals surface area contributed by atoms with Gasteiger partial charge in [-0.05, 0) is 43.2 Å². The van der Waals surface area contributed by atoms with E-state index in [0.29, 0.717) is 16.5 Å². The lowest BCUT2D eigenvalue weighted by atomic mass is 9.96. The average molecular weight is 399 g/mol. The van der Waals surface area contributed by atoms with Crippen molar-refractivity contribution in [1.29, 1.82) is 5.26 Å². The van der Waals surface area contributed by atoms with E-state index in [1.54, 1.807) is 0 Å². The van der Waals surface area contributed by atoms with Crippen molar-refractivity contribution >= 4 is 28.3 Å². The number of nitriles is 1. The maximum absolute atomic E-state index is 9.32. The van der Waals surface area contributed by atoms with Crippen molar-refractivity contribution in [2.75, 3.05) is 5.73 Å². The molecule has 4 nitrogen and oxygen atoms in total. The standard InChI is InChI=1S/C24H19ClN4/c1-14-3-6-16(7-4-14)22-13-19(18(9-10-26)24(27)29-22)20-12-17-8-5-15(2)11-21(17)28-23(20)25/h3-8,11-13H,9H2,1-2H3,(H2,27,29). The summed E-state index contributed by atoms with van der Waals surface area (Å²) in [6.45, 7) is 4.06. The van der Waals surface area contributed by atoms with Gasteiger partial charge >= 0.3 is 0 Å². The van der Waals surface area contributed by atoms with Gasteiger partial charge in [0.05, 0.1) is 23.7 Å². The Balaban J connectivity index is 1.97. The Morgan fingerprint density at radius 2 is 1.66 bits per heavy atom. The molecule has 0 saturated heterocycles. The SMILES string of the molecule is Cc1ccc(-c2cc(-c3cc4ccc(C)cc4nc3Cl)c(CC#N)c(N)n2)cc1. The average Bonchev–Trinajstić information content (AvgIpc) is 2.69. The van der Waals surface area contributed by atoms with Crippen molar-refractivity contribution in [2.45, 2.75) is 20.3 Å². The number of nitrogens with two attached hydrogens (primary N) is 1. The van der Waals surface area contributed by atoms with Crippen LogP contribution in [0, 0.1) is 25.2 Å². The van der Waals surface area contributed by atoms with Gasteiger partial charge in [0, 0.05) is 22.1 Å². The summed E-state index contributed by atoms with van der Waals surface area (Å²) in [6, 6.07) is 20.3. The normalized spacial score (nSPS) is 10.8. The molecule has 0 aliphatic heterocycles. The van der Waals surface area contributed by atoms with Gasteiger partial charge in [0.25, 0.3) is 0 Å². The van der Waals surface area contributed by atoms with E-state index in [-0.39, 0.29) is 6.42 Å². The Morgan fingerprint density at radius 1 is 0.931 bits per heavy atom. The third kappa shape index (κ3) is 3.65. The zero-order chi connectivity index (χ0) is 20.5. The molecule has 4 aromatic rings. The maximum atomic E-state index is 9.32. The van der Waals surface area contributed by atoms with Gasteiger partial charge < -0.3 is 5.73 Å². The van der Waals surface area contributed by atoms with Crippen molar-refractivity contribution < 1.29 is 0 Å². The molecule has 0 aliphatic rings. The number of nitrogen functional groups attached to an aromatic ring is 1. The van der Waals surface area contributed by atoms with Crippen molar-refractivity contribution in [1.82, 2.24) is 9.97 Å². The minimum atomic E-state index is 0.143. The summed E-state index contributed by atoms with van der Waals surface area (Å²) in [5.41, 5.74) is 13.3. The summed E-state index contributed by atoms with van der Waals surface area (Å²) in [6.07, 6.45) is 0.143. The number of aryl methyl sites for hydroxylation is 2. The van der Waals surface area contributed by atoms with E-state index in [1.165, 1.54) is 5.56 Å². The molecule has 2 aromatic heterocycles. The Kier molecular flexibility index (Phi) is 4.92. The predicted octanol–water partition coefficient (Wildman–Crippen LogP) is 5.88. The molecule has 5 heteroatoms. The van der Waals surface area contributed by atoms with Gasteiger partial charge in [0.15, 0.2) is 0 Å². The molecule has 0 unspecified atom stereocenters. The van der Waals surface area contributed by atoms with E-state index in [2.05, 4.69) is 16.0 Å². The first-order valence-electron chi connectivity index (χ1n) is 9.27. The lowest BCUT2D eigenvalue weighted by molar-refractivity contribution is 1.20. The van der Waals surface area contributed by atoms with Crippen LogP contribution in [0.25, 0.3) is 33.3 Å². The molecular formula is C24H19ClN4. The number of pyridine rings is 2. The fourth-order valence-electron chi connectivity index (χ4n) is 3.41. The first-order valence-corrected chi connectivity index (χ1v) is 9.64. The number of hydrogen-bond donors (Lipinski definition) is 1. The fraction of sp³-hybridized carbons (Fsp3) is 0.125. The Hall–Kier alpha value is -3.42. The second-order valence-electron chi connectivity index (χ2n) is 7.14. The molecule has 0 bridgehead atoms. The zero-order valence-electron chi connectivity index (χ0n) is 16.2. The lowest BCUT2D eigenvalue weighted by Crippen LogP contribution is -2.03. The summed E-state index contributed by atoms with van der Waals surface area (Å²) in [7, 11) is 0. The van der Waals surface area contributed by atoms with Crippen molar-refractivity contribution in [3.05, 3.63) is 76.4 Å². The summed E-state index contributed by atoms with van der Waals surface area (Å²) in [5.74, 6) is 0.333. The van der Waals surface area contributed by atoms with Gasteiger partial charge in [-0.2, -0.15) is 5.26 Å². The molecule has 29 heavy (non-hydrogen) atoms. The summed E-state index contributed by atoms with van der Waals surface area (Å²) in [4.78, 5) is 9.12. The second-order valence-corrected chi connectivity index (χ2v) is 7.50. The van der Waals surface area contributed by atoms with Crippen LogP contribution >= 0.6 is 11.6 Å². The van der Waals surface area contributed by atoms with Gasteiger partial charge in [-0.25, -0.2) is 9.97 Å². The van der Waals surface area contributed by atoms with Crippen LogP contribution in [0.5, 0.6) is 0 Å². The highest BCUT2D eigenvalue weighted by Gasteiger charge is 2.17. The van der Waals surface area contributed by atoms with Crippen molar-refractivity contribution in [3.8, 4) is 28.5 Å². The summed E-state index contributed by atoms with van der Waals surface area (Å²) in [5, 5.41) is 10.7. The summed E-state index contributed by atoms with van der Waals surface area (Å²) < 4.78 is 0. The Labute approximate surface area is 174 Å². The van der Waals surface area contributed by atoms with Crippen molar-refractivity contribution in [3.63, 3.8) is 0 Å². The molecule has 0 spiro atoms. The summed E-state index contributed by atoms with van der Waals surface area (Å²) >= 11 is 6.58. The third-order valence-electron chi connectivity index (χ3n) is 4.98. The van der Waals surface area contributed by atoms with E-state index < -0.39 is 0 Å². The molecule has 2 aromatic carbocycles. The molecule has 0 radical (unpaired) electrons. The number of aromatic nitrogens is 2. The van der Waals surface area contributed by atoms with Crippen LogP contribution in [-0.2, 0) is 6.42 Å². The molecule has 0 amide bonds. The predicted molar refractivity (Wildman–Crippen MR) is 119 cm³/mol. The van der Waals surface area contributed by atoms with Gasteiger partial charge in [0.2, 0.25) is 0 Å². The number of hydrogen-bond acceptors (Lipinski definition) is 4. The molecule has 0 fully saturated rings. The van der Waals surface area contributed by atoms with E-state index >= 15 is 0 Å². The third-order valence-corrected chi connectivity index (χ3v) is 5.26. The number of halogens is 1. The molecule has 0 atom stereocenters. The molecule has 2 N–H and O–H groups in total. The number of rotatable bonds is 3. The smallest absolute Gasteiger partial charge is 0.137 e. The monoisotopic (exact) mass is 398 g/mol. The minimum absolute atomic E-state index is 0.143. The van der Waals surface area contributed by atoms with Gasteiger partial charge in [-0.3, -0.25) is 0 Å². The zero-order valence-corrected chi connectivity index (χ0v) is 17.0. The highest BCUT2D eigenvalue weighted by Crippen LogP contribution is 2.36. The van der Waals surface area contributed by atoms with Gasteiger partial charge in [-0.1, -0.05) is 53.6 Å². The Bertz CT molecular complexity index is 1270. The van der Waals surface area contributed by atoms with Crippen LogP contribution in [0.3, 0.4) is 0 Å². The van der Waals surface area contributed by atoms with Gasteiger partial charge in [0.1, 0.15) is 11.0 Å². The molecule has 4 rings (SSSR count). The number of nitrogens with zero attached hydrogens (tertiary/aromatic N) is 3. The first-order chi connectivity index (χ1) is 14.0. The quantitative estimate of drug-likeness (QED) is 0.437. The number of anilines is 1. The van der Waals surface area contributed by atoms with Crippen LogP contribution in [0.15, 0.2) is 54.6 Å². The topological polar surface area (TPSA) is 75.6 Å². The van der Waals surface area contributed by atoms with Crippen LogP contribution in [0.2, 0.25) is 5.15 Å². The van der Waals surface area contributed by atoms with Crippen molar-refractivity contribution in [2.24, 2.45) is 0 Å². The molecule has 0 saturated carbocycles. The van der Waals surface area contributed by atoms with Gasteiger partial charge in [-0.15, -0.1) is 0 Å². The van der Waals surface area contributed by atoms with E-state index in [1.807, 2.05) is 68.4 Å². The number of fused-ring (bicyclic) bond motifs is 1. The van der Waals surface area contributed by atoms with Crippen LogP contribution < -0.4 is 5.73 Å². The van der Waals surface area contributed by atoms with Crippen LogP contribution in [0.1, 0.15) is 16.7 Å². The highest BCUT2D eigenvalue weighted by molar-refractivity contribution is 6.32. The highest BCUT2D eigenvalue weighted by atomic mass is 35.5. The molecule has 0 aliphatic carbocycles. The van der Waals surface area contributed by atoms with Crippen LogP contribution in [-0.4, -0.2) is 9.97 Å². The number of benzene rings is 2.